The van der Waals surface area contributed by atoms with E-state index in [4.69, 9.17) is 5.11 Å². The van der Waals surface area contributed by atoms with Gasteiger partial charge in [0.1, 0.15) is 5.54 Å². The van der Waals surface area contributed by atoms with Crippen LogP contribution in [0.3, 0.4) is 0 Å². The zero-order chi connectivity index (χ0) is 14.3. The van der Waals surface area contributed by atoms with Crippen molar-refractivity contribution in [3.8, 4) is 0 Å². The molecule has 1 saturated carbocycles. The van der Waals surface area contributed by atoms with Crippen molar-refractivity contribution >= 4 is 17.7 Å². The van der Waals surface area contributed by atoms with Gasteiger partial charge in [-0.15, -0.1) is 0 Å². The van der Waals surface area contributed by atoms with Crippen molar-refractivity contribution in [2.75, 3.05) is 18.1 Å². The summed E-state index contributed by atoms with van der Waals surface area (Å²) in [5.74, 6) is 1.48. The number of aliphatic hydroxyl groups is 1. The van der Waals surface area contributed by atoms with Gasteiger partial charge in [-0.05, 0) is 57.0 Å². The number of thioether (sulfide) groups is 1. The molecule has 0 aromatic rings. The summed E-state index contributed by atoms with van der Waals surface area (Å²) in [7, 11) is 0. The Hall–Kier alpha value is -0.260. The maximum atomic E-state index is 11.7. The van der Waals surface area contributed by atoms with Crippen molar-refractivity contribution in [1.82, 2.24) is 5.32 Å². The first-order valence-corrected chi connectivity index (χ1v) is 8.38. The Labute approximate surface area is 120 Å². The van der Waals surface area contributed by atoms with Crippen LogP contribution in [0.4, 0.5) is 0 Å². The van der Waals surface area contributed by atoms with Gasteiger partial charge in [-0.2, -0.15) is 11.8 Å². The molecule has 0 heterocycles. The number of carbonyl (C=O) groups is 1. The van der Waals surface area contributed by atoms with Gasteiger partial charge in [0.2, 0.25) is 0 Å². The van der Waals surface area contributed by atoms with Gasteiger partial charge in [-0.1, -0.05) is 6.42 Å². The minimum absolute atomic E-state index is 0.193. The lowest BCUT2D eigenvalue weighted by Gasteiger charge is -2.34. The topological polar surface area (TPSA) is 69.6 Å². The van der Waals surface area contributed by atoms with Crippen molar-refractivity contribution in [3.63, 3.8) is 0 Å². The second-order valence-electron chi connectivity index (χ2n) is 5.64. The second kappa shape index (κ2) is 8.12. The van der Waals surface area contributed by atoms with E-state index >= 15 is 0 Å². The van der Waals surface area contributed by atoms with E-state index < -0.39 is 11.5 Å². The van der Waals surface area contributed by atoms with Crippen molar-refractivity contribution in [2.24, 2.45) is 5.92 Å². The molecule has 1 aliphatic carbocycles. The highest BCUT2D eigenvalue weighted by Gasteiger charge is 2.48. The zero-order valence-electron chi connectivity index (χ0n) is 12.0. The first-order chi connectivity index (χ1) is 9.03. The summed E-state index contributed by atoms with van der Waals surface area (Å²) >= 11 is 1.82. The number of nitrogens with one attached hydrogen (secondary N) is 1. The quantitative estimate of drug-likeness (QED) is 0.567. The Morgan fingerprint density at radius 2 is 2.21 bits per heavy atom. The Morgan fingerprint density at radius 1 is 1.47 bits per heavy atom. The van der Waals surface area contributed by atoms with Gasteiger partial charge in [0.15, 0.2) is 0 Å². The Kier molecular flexibility index (Phi) is 7.18. The molecule has 0 radical (unpaired) electrons. The van der Waals surface area contributed by atoms with E-state index in [0.29, 0.717) is 0 Å². The van der Waals surface area contributed by atoms with Crippen LogP contribution in [-0.4, -0.2) is 45.9 Å². The molecule has 2 atom stereocenters. The van der Waals surface area contributed by atoms with Crippen molar-refractivity contribution < 1.29 is 15.0 Å². The van der Waals surface area contributed by atoms with Crippen LogP contribution in [0.2, 0.25) is 0 Å². The number of hydrogen-bond donors (Lipinski definition) is 3. The molecule has 0 aromatic carbocycles. The summed E-state index contributed by atoms with van der Waals surface area (Å²) in [6.45, 7) is 4.26. The highest BCUT2D eigenvalue weighted by molar-refractivity contribution is 7.99. The standard InChI is InChI=1S/C14H27NO3S/c1-11(2)15-14(13(17)18)7-3-5-12(14)6-10-19-9-4-8-16/h11-12,15-16H,3-10H2,1-2H3,(H,17,18). The Balaban J connectivity index is 2.51. The van der Waals surface area contributed by atoms with Crippen LogP contribution < -0.4 is 5.32 Å². The normalized spacial score (nSPS) is 27.1. The van der Waals surface area contributed by atoms with E-state index in [1.807, 2.05) is 25.6 Å². The fourth-order valence-electron chi connectivity index (χ4n) is 3.01. The predicted octanol–water partition coefficient (Wildman–Crippen LogP) is 2.11. The molecule has 1 fully saturated rings. The molecule has 1 rings (SSSR count). The van der Waals surface area contributed by atoms with Gasteiger partial charge >= 0.3 is 5.97 Å². The summed E-state index contributed by atoms with van der Waals surface area (Å²) in [4.78, 5) is 11.7. The number of carboxylic acid groups (broad SMARTS) is 1. The third-order valence-electron chi connectivity index (χ3n) is 3.81. The lowest BCUT2D eigenvalue weighted by Crippen LogP contribution is -2.57. The van der Waals surface area contributed by atoms with Gasteiger partial charge in [0, 0.05) is 12.6 Å². The van der Waals surface area contributed by atoms with Crippen molar-refractivity contribution in [1.29, 1.82) is 0 Å². The van der Waals surface area contributed by atoms with Crippen molar-refractivity contribution in [3.05, 3.63) is 0 Å². The Morgan fingerprint density at radius 3 is 2.79 bits per heavy atom. The first-order valence-electron chi connectivity index (χ1n) is 7.22. The molecule has 2 unspecified atom stereocenters. The van der Waals surface area contributed by atoms with Crippen LogP contribution in [0.1, 0.15) is 46.0 Å². The van der Waals surface area contributed by atoms with Crippen LogP contribution in [0.15, 0.2) is 0 Å². The van der Waals surface area contributed by atoms with Gasteiger partial charge in [-0.3, -0.25) is 10.1 Å². The lowest BCUT2D eigenvalue weighted by molar-refractivity contribution is -0.147. The average Bonchev–Trinajstić information content (AvgIpc) is 2.72. The van der Waals surface area contributed by atoms with Gasteiger partial charge in [0.05, 0.1) is 0 Å². The monoisotopic (exact) mass is 289 g/mol. The van der Waals surface area contributed by atoms with Gasteiger partial charge in [-0.25, -0.2) is 0 Å². The van der Waals surface area contributed by atoms with E-state index in [-0.39, 0.29) is 18.6 Å². The molecular weight excluding hydrogens is 262 g/mol. The van der Waals surface area contributed by atoms with Crippen molar-refractivity contribution in [2.45, 2.75) is 57.5 Å². The van der Waals surface area contributed by atoms with Crippen LogP contribution in [-0.2, 0) is 4.79 Å². The number of carboxylic acids is 1. The second-order valence-corrected chi connectivity index (χ2v) is 6.87. The van der Waals surface area contributed by atoms with Crippen LogP contribution in [0, 0.1) is 5.92 Å². The minimum atomic E-state index is -0.717. The molecule has 0 saturated heterocycles. The largest absolute Gasteiger partial charge is 0.480 e. The molecular formula is C14H27NO3S. The third kappa shape index (κ3) is 4.65. The molecule has 0 aromatic heterocycles. The molecule has 112 valence electrons. The Bertz CT molecular complexity index is 286. The van der Waals surface area contributed by atoms with Crippen LogP contribution in [0.5, 0.6) is 0 Å². The molecule has 4 nitrogen and oxygen atoms in total. The van der Waals surface area contributed by atoms with E-state index in [0.717, 1.165) is 43.6 Å². The highest BCUT2D eigenvalue weighted by atomic mass is 32.2. The number of rotatable bonds is 9. The molecule has 0 bridgehead atoms. The number of hydrogen-bond acceptors (Lipinski definition) is 4. The van der Waals surface area contributed by atoms with Gasteiger partial charge < -0.3 is 10.2 Å². The van der Waals surface area contributed by atoms with Crippen LogP contribution >= 0.6 is 11.8 Å². The molecule has 3 N–H and O–H groups in total. The average molecular weight is 289 g/mol. The van der Waals surface area contributed by atoms with Gasteiger partial charge in [0.25, 0.3) is 0 Å². The summed E-state index contributed by atoms with van der Waals surface area (Å²) in [6.07, 6.45) is 4.52. The summed E-state index contributed by atoms with van der Waals surface area (Å²) in [5, 5.41) is 21.7. The molecule has 19 heavy (non-hydrogen) atoms. The lowest BCUT2D eigenvalue weighted by atomic mass is 9.84. The minimum Gasteiger partial charge on any atom is -0.480 e. The highest BCUT2D eigenvalue weighted by Crippen LogP contribution is 2.39. The number of aliphatic carboxylic acids is 1. The third-order valence-corrected chi connectivity index (χ3v) is 4.91. The molecule has 0 amide bonds. The molecule has 5 heteroatoms. The first kappa shape index (κ1) is 16.8. The van der Waals surface area contributed by atoms with Crippen LogP contribution in [0.25, 0.3) is 0 Å². The van der Waals surface area contributed by atoms with E-state index in [1.54, 1.807) is 0 Å². The predicted molar refractivity (Wildman–Crippen MR) is 79.6 cm³/mol. The molecule has 0 spiro atoms. The molecule has 1 aliphatic rings. The zero-order valence-corrected chi connectivity index (χ0v) is 12.8. The molecule has 0 aliphatic heterocycles. The van der Waals surface area contributed by atoms with E-state index in [1.165, 1.54) is 0 Å². The fourth-order valence-corrected chi connectivity index (χ4v) is 4.00. The fraction of sp³-hybridized carbons (Fsp3) is 0.929. The summed E-state index contributed by atoms with van der Waals surface area (Å²) < 4.78 is 0. The maximum absolute atomic E-state index is 11.7. The van der Waals surface area contributed by atoms with E-state index in [9.17, 15) is 9.90 Å². The number of aliphatic hydroxyl groups excluding tert-OH is 1. The SMILES string of the molecule is CC(C)NC1(C(=O)O)CCCC1CCSCCCO. The maximum Gasteiger partial charge on any atom is 0.324 e. The smallest absolute Gasteiger partial charge is 0.324 e. The summed E-state index contributed by atoms with van der Waals surface area (Å²) in [5.41, 5.74) is -0.717. The summed E-state index contributed by atoms with van der Waals surface area (Å²) in [6, 6.07) is 0.193. The van der Waals surface area contributed by atoms with E-state index in [2.05, 4.69) is 5.32 Å².